The van der Waals surface area contributed by atoms with Gasteiger partial charge in [0.2, 0.25) is 0 Å². The van der Waals surface area contributed by atoms with Gasteiger partial charge in [0.05, 0.1) is 11.3 Å². The molecular formula is C18H27N5O2. The zero-order valence-electron chi connectivity index (χ0n) is 15.3. The first-order chi connectivity index (χ1) is 11.9. The molecule has 136 valence electrons. The maximum absolute atomic E-state index is 11.9. The molecule has 0 bridgehead atoms. The quantitative estimate of drug-likeness (QED) is 0.717. The molecule has 3 N–H and O–H groups in total. The second kappa shape index (κ2) is 8.11. The molecule has 0 radical (unpaired) electrons. The van der Waals surface area contributed by atoms with Gasteiger partial charge in [-0.25, -0.2) is 14.5 Å². The molecule has 2 aromatic heterocycles. The van der Waals surface area contributed by atoms with Crippen molar-refractivity contribution in [2.75, 3.05) is 6.54 Å². The van der Waals surface area contributed by atoms with Gasteiger partial charge in [0, 0.05) is 25.0 Å². The standard InChI is InChI=1S/C18H27N5O2/c1-5-18(25,6-2)12-21-17(24)20-11-15-7-8-16(19-10-15)23-14(4)9-13(3)22-23/h7-10,25H,5-6,11-12H2,1-4H3,(H2,20,21,24). The van der Waals surface area contributed by atoms with Crippen LogP contribution in [0.25, 0.3) is 5.82 Å². The Labute approximate surface area is 148 Å². The molecule has 0 saturated heterocycles. The van der Waals surface area contributed by atoms with Gasteiger partial charge in [-0.05, 0) is 44.4 Å². The van der Waals surface area contributed by atoms with Crippen molar-refractivity contribution in [3.8, 4) is 5.82 Å². The number of aromatic nitrogens is 3. The zero-order valence-corrected chi connectivity index (χ0v) is 15.3. The number of hydrogen-bond acceptors (Lipinski definition) is 4. The first-order valence-corrected chi connectivity index (χ1v) is 8.59. The molecule has 2 aromatic rings. The average molecular weight is 345 g/mol. The molecule has 0 aliphatic heterocycles. The highest BCUT2D eigenvalue weighted by atomic mass is 16.3. The maximum atomic E-state index is 11.9. The minimum atomic E-state index is -0.847. The summed E-state index contributed by atoms with van der Waals surface area (Å²) in [5.41, 5.74) is 2.01. The highest BCUT2D eigenvalue weighted by Gasteiger charge is 2.22. The first kappa shape index (κ1) is 18.9. The molecule has 0 saturated carbocycles. The Morgan fingerprint density at radius 1 is 1.24 bits per heavy atom. The Morgan fingerprint density at radius 2 is 1.96 bits per heavy atom. The fourth-order valence-corrected chi connectivity index (χ4v) is 2.50. The summed E-state index contributed by atoms with van der Waals surface area (Å²) in [6.07, 6.45) is 2.92. The lowest BCUT2D eigenvalue weighted by atomic mass is 9.98. The van der Waals surface area contributed by atoms with Crippen molar-refractivity contribution in [3.05, 3.63) is 41.3 Å². The van der Waals surface area contributed by atoms with Gasteiger partial charge in [-0.3, -0.25) is 0 Å². The van der Waals surface area contributed by atoms with Crippen LogP contribution in [0.2, 0.25) is 0 Å². The molecule has 7 nitrogen and oxygen atoms in total. The number of aryl methyl sites for hydroxylation is 2. The van der Waals surface area contributed by atoms with Crippen molar-refractivity contribution in [1.82, 2.24) is 25.4 Å². The van der Waals surface area contributed by atoms with Crippen LogP contribution in [0.4, 0.5) is 4.79 Å². The van der Waals surface area contributed by atoms with Crippen LogP contribution < -0.4 is 10.6 Å². The summed E-state index contributed by atoms with van der Waals surface area (Å²) in [5, 5.41) is 20.0. The average Bonchev–Trinajstić information content (AvgIpc) is 2.96. The summed E-state index contributed by atoms with van der Waals surface area (Å²) in [5.74, 6) is 0.745. The number of urea groups is 1. The summed E-state index contributed by atoms with van der Waals surface area (Å²) in [7, 11) is 0. The van der Waals surface area contributed by atoms with E-state index in [1.54, 1.807) is 10.9 Å². The number of nitrogens with zero attached hydrogens (tertiary/aromatic N) is 3. The van der Waals surface area contributed by atoms with Crippen LogP contribution in [0.15, 0.2) is 24.4 Å². The third-order valence-electron chi connectivity index (χ3n) is 4.38. The van der Waals surface area contributed by atoms with E-state index in [0.29, 0.717) is 19.4 Å². The molecule has 7 heteroatoms. The Kier molecular flexibility index (Phi) is 6.14. The number of amides is 2. The molecule has 2 amide bonds. The Hall–Kier alpha value is -2.41. The molecule has 0 fully saturated rings. The van der Waals surface area contributed by atoms with Crippen LogP contribution >= 0.6 is 0 Å². The fraction of sp³-hybridized carbons (Fsp3) is 0.500. The Balaban J connectivity index is 1.87. The molecule has 0 spiro atoms. The largest absolute Gasteiger partial charge is 0.388 e. The van der Waals surface area contributed by atoms with Gasteiger partial charge in [0.15, 0.2) is 5.82 Å². The highest BCUT2D eigenvalue weighted by molar-refractivity contribution is 5.73. The van der Waals surface area contributed by atoms with Crippen molar-refractivity contribution in [2.45, 2.75) is 52.7 Å². The number of pyridine rings is 1. The van der Waals surface area contributed by atoms with E-state index in [1.807, 2.05) is 45.9 Å². The molecule has 2 rings (SSSR count). The molecule has 25 heavy (non-hydrogen) atoms. The van der Waals surface area contributed by atoms with Gasteiger partial charge < -0.3 is 15.7 Å². The number of hydrogen-bond donors (Lipinski definition) is 3. The van der Waals surface area contributed by atoms with E-state index in [4.69, 9.17) is 0 Å². The number of carbonyl (C=O) groups excluding carboxylic acids is 1. The summed E-state index contributed by atoms with van der Waals surface area (Å²) in [6, 6.07) is 5.48. The van der Waals surface area contributed by atoms with E-state index < -0.39 is 5.60 Å². The van der Waals surface area contributed by atoms with Crippen molar-refractivity contribution < 1.29 is 9.90 Å². The third kappa shape index (κ3) is 5.03. The second-order valence-corrected chi connectivity index (χ2v) is 6.33. The third-order valence-corrected chi connectivity index (χ3v) is 4.38. The van der Waals surface area contributed by atoms with E-state index in [9.17, 15) is 9.90 Å². The number of carbonyl (C=O) groups is 1. The maximum Gasteiger partial charge on any atom is 0.315 e. The molecule has 0 atom stereocenters. The normalized spacial score (nSPS) is 11.4. The minimum Gasteiger partial charge on any atom is -0.388 e. The van der Waals surface area contributed by atoms with E-state index in [1.165, 1.54) is 0 Å². The Morgan fingerprint density at radius 3 is 2.48 bits per heavy atom. The van der Waals surface area contributed by atoms with Crippen LogP contribution in [-0.2, 0) is 6.54 Å². The summed E-state index contributed by atoms with van der Waals surface area (Å²) < 4.78 is 1.79. The van der Waals surface area contributed by atoms with E-state index in [2.05, 4.69) is 20.7 Å². The van der Waals surface area contributed by atoms with Gasteiger partial charge in [0.1, 0.15) is 0 Å². The molecule has 0 aliphatic carbocycles. The SMILES string of the molecule is CCC(O)(CC)CNC(=O)NCc1ccc(-n2nc(C)cc2C)nc1. The van der Waals surface area contributed by atoms with Gasteiger partial charge in [-0.2, -0.15) is 5.10 Å². The highest BCUT2D eigenvalue weighted by Crippen LogP contribution is 2.13. The lowest BCUT2D eigenvalue weighted by Gasteiger charge is -2.25. The number of aliphatic hydroxyl groups is 1. The lowest BCUT2D eigenvalue weighted by Crippen LogP contribution is -2.45. The van der Waals surface area contributed by atoms with Crippen molar-refractivity contribution in [3.63, 3.8) is 0 Å². The summed E-state index contributed by atoms with van der Waals surface area (Å²) in [6.45, 7) is 8.33. The predicted molar refractivity (Wildman–Crippen MR) is 96.6 cm³/mol. The predicted octanol–water partition coefficient (Wildman–Crippen LogP) is 2.23. The zero-order chi connectivity index (χ0) is 18.4. The Bertz CT molecular complexity index is 705. The van der Waals surface area contributed by atoms with Crippen molar-refractivity contribution in [1.29, 1.82) is 0 Å². The van der Waals surface area contributed by atoms with E-state index in [0.717, 1.165) is 22.8 Å². The van der Waals surface area contributed by atoms with Gasteiger partial charge in [0.25, 0.3) is 0 Å². The van der Waals surface area contributed by atoms with Gasteiger partial charge in [-0.15, -0.1) is 0 Å². The molecule has 0 aliphatic rings. The second-order valence-electron chi connectivity index (χ2n) is 6.33. The molecule has 0 aromatic carbocycles. The summed E-state index contributed by atoms with van der Waals surface area (Å²) >= 11 is 0. The lowest BCUT2D eigenvalue weighted by molar-refractivity contribution is 0.0349. The van der Waals surface area contributed by atoms with Crippen molar-refractivity contribution in [2.24, 2.45) is 0 Å². The van der Waals surface area contributed by atoms with E-state index >= 15 is 0 Å². The monoisotopic (exact) mass is 345 g/mol. The molecular weight excluding hydrogens is 318 g/mol. The first-order valence-electron chi connectivity index (χ1n) is 8.59. The van der Waals surface area contributed by atoms with Crippen LogP contribution in [-0.4, -0.2) is 38.0 Å². The minimum absolute atomic E-state index is 0.237. The topological polar surface area (TPSA) is 92.1 Å². The molecule has 2 heterocycles. The fourth-order valence-electron chi connectivity index (χ4n) is 2.50. The van der Waals surface area contributed by atoms with Crippen LogP contribution in [0, 0.1) is 13.8 Å². The molecule has 0 unspecified atom stereocenters. The number of nitrogens with one attached hydrogen (secondary N) is 2. The van der Waals surface area contributed by atoms with Crippen molar-refractivity contribution >= 4 is 6.03 Å². The summed E-state index contributed by atoms with van der Waals surface area (Å²) in [4.78, 5) is 16.3. The number of rotatable bonds is 7. The van der Waals surface area contributed by atoms with E-state index in [-0.39, 0.29) is 12.6 Å². The van der Waals surface area contributed by atoms with Gasteiger partial charge in [-0.1, -0.05) is 19.9 Å². The van der Waals surface area contributed by atoms with Gasteiger partial charge >= 0.3 is 6.03 Å². The van der Waals surface area contributed by atoms with Crippen LogP contribution in [0.5, 0.6) is 0 Å². The van der Waals surface area contributed by atoms with Crippen LogP contribution in [0.3, 0.4) is 0 Å². The van der Waals surface area contributed by atoms with Crippen LogP contribution in [0.1, 0.15) is 43.6 Å². The smallest absolute Gasteiger partial charge is 0.315 e.